The summed E-state index contributed by atoms with van der Waals surface area (Å²) in [4.78, 5) is 15.1. The van der Waals surface area contributed by atoms with Crippen LogP contribution in [0.25, 0.3) is 11.3 Å². The molecule has 3 aromatic rings. The minimum atomic E-state index is -4.24. The Morgan fingerprint density at radius 2 is 1.97 bits per heavy atom. The highest BCUT2D eigenvalue weighted by Crippen LogP contribution is 2.32. The maximum atomic E-state index is 13.1. The maximum absolute atomic E-state index is 13.1. The molecule has 1 aromatic heterocycles. The van der Waals surface area contributed by atoms with E-state index in [-0.39, 0.29) is 27.5 Å². The van der Waals surface area contributed by atoms with Gasteiger partial charge in [0.25, 0.3) is 10.0 Å². The first kappa shape index (κ1) is 19.9. The van der Waals surface area contributed by atoms with Crippen molar-refractivity contribution in [2.75, 3.05) is 11.8 Å². The average molecular weight is 409 g/mol. The van der Waals surface area contributed by atoms with Crippen LogP contribution in [0, 0.1) is 11.3 Å². The highest BCUT2D eigenvalue weighted by atomic mass is 32.2. The van der Waals surface area contributed by atoms with E-state index in [0.29, 0.717) is 11.3 Å². The van der Waals surface area contributed by atoms with Crippen molar-refractivity contribution in [2.24, 2.45) is 0 Å². The number of rotatable bonds is 6. The van der Waals surface area contributed by atoms with E-state index in [0.717, 1.165) is 6.07 Å². The summed E-state index contributed by atoms with van der Waals surface area (Å²) in [6.45, 7) is 0. The minimum Gasteiger partial charge on any atom is -0.495 e. The van der Waals surface area contributed by atoms with E-state index >= 15 is 0 Å². The Labute approximate surface area is 167 Å². The molecule has 2 N–H and O–H groups in total. The number of nitrogens with zero attached hydrogens (tertiary/aromatic N) is 2. The lowest BCUT2D eigenvalue weighted by Gasteiger charge is -2.15. The first-order chi connectivity index (χ1) is 13.9. The summed E-state index contributed by atoms with van der Waals surface area (Å²) in [7, 11) is -2.96. The third kappa shape index (κ3) is 4.17. The molecule has 29 heavy (non-hydrogen) atoms. The summed E-state index contributed by atoms with van der Waals surface area (Å²) in [5.74, 6) is -1.29. The SMILES string of the molecule is COc1ccc(C(=O)O)cc1S(=O)(=O)Nc1cc(C#N)ccc1-c1ccccn1. The number of pyridine rings is 1. The van der Waals surface area contributed by atoms with Crippen LogP contribution < -0.4 is 9.46 Å². The van der Waals surface area contributed by atoms with Gasteiger partial charge in [-0.1, -0.05) is 6.07 Å². The van der Waals surface area contributed by atoms with Gasteiger partial charge in [0, 0.05) is 11.8 Å². The molecule has 3 rings (SSSR count). The van der Waals surface area contributed by atoms with Gasteiger partial charge in [-0.25, -0.2) is 13.2 Å². The van der Waals surface area contributed by atoms with Crippen LogP contribution >= 0.6 is 0 Å². The van der Waals surface area contributed by atoms with E-state index in [9.17, 15) is 23.6 Å². The Kier molecular flexibility index (Phi) is 5.47. The van der Waals surface area contributed by atoms with Gasteiger partial charge in [0.05, 0.1) is 35.7 Å². The fourth-order valence-electron chi connectivity index (χ4n) is 2.66. The zero-order chi connectivity index (χ0) is 21.0. The van der Waals surface area contributed by atoms with Crippen LogP contribution in [0.4, 0.5) is 5.69 Å². The smallest absolute Gasteiger partial charge is 0.335 e. The van der Waals surface area contributed by atoms with Crippen LogP contribution in [-0.4, -0.2) is 31.6 Å². The van der Waals surface area contributed by atoms with Crippen molar-refractivity contribution in [3.05, 3.63) is 71.9 Å². The summed E-state index contributed by atoms with van der Waals surface area (Å²) in [6, 6.07) is 15.2. The minimum absolute atomic E-state index is 0.0154. The van der Waals surface area contributed by atoms with Gasteiger partial charge in [-0.3, -0.25) is 9.71 Å². The molecule has 8 nitrogen and oxygen atoms in total. The molecule has 0 aliphatic heterocycles. The summed E-state index contributed by atoms with van der Waals surface area (Å²) in [5.41, 5.74) is 1.13. The van der Waals surface area contributed by atoms with Gasteiger partial charge in [-0.05, 0) is 48.5 Å². The lowest BCUT2D eigenvalue weighted by Crippen LogP contribution is -2.16. The fourth-order valence-corrected chi connectivity index (χ4v) is 3.93. The van der Waals surface area contributed by atoms with Crippen LogP contribution in [0.5, 0.6) is 5.75 Å². The molecule has 0 aliphatic carbocycles. The van der Waals surface area contributed by atoms with Crippen molar-refractivity contribution in [3.63, 3.8) is 0 Å². The molecule has 0 fully saturated rings. The molecule has 0 bridgehead atoms. The predicted octanol–water partition coefficient (Wildman–Crippen LogP) is 3.13. The number of aromatic carboxylic acids is 1. The number of carboxylic acids is 1. The topological polar surface area (TPSA) is 129 Å². The molecule has 146 valence electrons. The molecule has 2 aromatic carbocycles. The van der Waals surface area contributed by atoms with Crippen molar-refractivity contribution in [3.8, 4) is 23.1 Å². The Balaban J connectivity index is 2.13. The lowest BCUT2D eigenvalue weighted by atomic mass is 10.1. The van der Waals surface area contributed by atoms with Gasteiger partial charge in [0.2, 0.25) is 0 Å². The normalized spacial score (nSPS) is 10.8. The van der Waals surface area contributed by atoms with Gasteiger partial charge in [-0.2, -0.15) is 5.26 Å². The Morgan fingerprint density at radius 1 is 1.17 bits per heavy atom. The fraction of sp³-hybridized carbons (Fsp3) is 0.0500. The second-order valence-corrected chi connectivity index (χ2v) is 7.51. The van der Waals surface area contributed by atoms with E-state index in [2.05, 4.69) is 9.71 Å². The molecule has 0 spiro atoms. The molecule has 0 saturated heterocycles. The van der Waals surface area contributed by atoms with E-state index in [4.69, 9.17) is 4.74 Å². The number of carboxylic acid groups (broad SMARTS) is 1. The van der Waals surface area contributed by atoms with Crippen LogP contribution in [-0.2, 0) is 10.0 Å². The monoisotopic (exact) mass is 409 g/mol. The standard InChI is InChI=1S/C20H15N3O5S/c1-28-18-8-6-14(20(24)25)11-19(18)29(26,27)23-17-10-13(12-21)5-7-15(17)16-4-2-3-9-22-16/h2-11,23H,1H3,(H,24,25). The second-order valence-electron chi connectivity index (χ2n) is 5.86. The molecule has 0 aliphatic rings. The number of anilines is 1. The van der Waals surface area contributed by atoms with E-state index in [1.54, 1.807) is 36.5 Å². The van der Waals surface area contributed by atoms with Crippen molar-refractivity contribution >= 4 is 21.7 Å². The molecule has 0 unspecified atom stereocenters. The van der Waals surface area contributed by atoms with Gasteiger partial charge in [-0.15, -0.1) is 0 Å². The van der Waals surface area contributed by atoms with E-state index in [1.165, 1.54) is 25.3 Å². The van der Waals surface area contributed by atoms with Crippen LogP contribution in [0.3, 0.4) is 0 Å². The number of sulfonamides is 1. The Bertz CT molecular complexity index is 1220. The number of methoxy groups -OCH3 is 1. The first-order valence-corrected chi connectivity index (χ1v) is 9.74. The number of carbonyl (C=O) groups is 1. The second kappa shape index (κ2) is 8.00. The molecule has 0 saturated carbocycles. The number of hydrogen-bond acceptors (Lipinski definition) is 6. The van der Waals surface area contributed by atoms with E-state index in [1.807, 2.05) is 6.07 Å². The molecule has 1 heterocycles. The number of hydrogen-bond donors (Lipinski definition) is 2. The quantitative estimate of drug-likeness (QED) is 0.640. The Hall–Kier alpha value is -3.90. The molecular weight excluding hydrogens is 394 g/mol. The van der Waals surface area contributed by atoms with Crippen molar-refractivity contribution < 1.29 is 23.1 Å². The lowest BCUT2D eigenvalue weighted by molar-refractivity contribution is 0.0696. The highest BCUT2D eigenvalue weighted by Gasteiger charge is 2.23. The van der Waals surface area contributed by atoms with Crippen molar-refractivity contribution in [2.45, 2.75) is 4.90 Å². The van der Waals surface area contributed by atoms with E-state index < -0.39 is 16.0 Å². The number of benzene rings is 2. The maximum Gasteiger partial charge on any atom is 0.335 e. The third-order valence-electron chi connectivity index (χ3n) is 4.03. The molecule has 0 amide bonds. The zero-order valence-electron chi connectivity index (χ0n) is 15.2. The zero-order valence-corrected chi connectivity index (χ0v) is 16.0. The molecule has 0 radical (unpaired) electrons. The van der Waals surface area contributed by atoms with Crippen molar-refractivity contribution in [1.82, 2.24) is 4.98 Å². The van der Waals surface area contributed by atoms with Crippen LogP contribution in [0.2, 0.25) is 0 Å². The van der Waals surface area contributed by atoms with Gasteiger partial charge >= 0.3 is 5.97 Å². The number of ether oxygens (including phenoxy) is 1. The van der Waals surface area contributed by atoms with Crippen molar-refractivity contribution in [1.29, 1.82) is 5.26 Å². The molecular formula is C20H15N3O5S. The highest BCUT2D eigenvalue weighted by molar-refractivity contribution is 7.92. The predicted molar refractivity (Wildman–Crippen MR) is 105 cm³/mol. The number of aromatic nitrogens is 1. The van der Waals surface area contributed by atoms with Gasteiger partial charge in [0.1, 0.15) is 10.6 Å². The molecule has 0 atom stereocenters. The number of nitrogens with one attached hydrogen (secondary N) is 1. The first-order valence-electron chi connectivity index (χ1n) is 8.25. The average Bonchev–Trinajstić information content (AvgIpc) is 2.73. The van der Waals surface area contributed by atoms with Crippen LogP contribution in [0.1, 0.15) is 15.9 Å². The number of nitriles is 1. The summed E-state index contributed by atoms with van der Waals surface area (Å²) < 4.78 is 33.6. The van der Waals surface area contributed by atoms with Gasteiger partial charge in [0.15, 0.2) is 0 Å². The summed E-state index contributed by atoms with van der Waals surface area (Å²) in [6.07, 6.45) is 1.56. The summed E-state index contributed by atoms with van der Waals surface area (Å²) in [5, 5.41) is 18.4. The molecule has 9 heteroatoms. The van der Waals surface area contributed by atoms with Gasteiger partial charge < -0.3 is 9.84 Å². The third-order valence-corrected chi connectivity index (χ3v) is 5.42. The van der Waals surface area contributed by atoms with Crippen LogP contribution in [0.15, 0.2) is 65.7 Å². The summed E-state index contributed by atoms with van der Waals surface area (Å²) >= 11 is 0. The largest absolute Gasteiger partial charge is 0.495 e. The Morgan fingerprint density at radius 3 is 2.59 bits per heavy atom.